The monoisotopic (exact) mass is 470 g/mol. The smallest absolute Gasteiger partial charge is 0.102 e. The summed E-state index contributed by atoms with van der Waals surface area (Å²) in [6.45, 7) is 2.76. The minimum atomic E-state index is 0.555. The summed E-state index contributed by atoms with van der Waals surface area (Å²) in [5, 5.41) is 6.73. The molecule has 0 unspecified atom stereocenters. The average molecular weight is 472 g/mol. The Morgan fingerprint density at radius 1 is 0.871 bits per heavy atom. The predicted molar refractivity (Wildman–Crippen MR) is 129 cm³/mol. The summed E-state index contributed by atoms with van der Waals surface area (Å²) in [5.74, 6) is 0. The highest BCUT2D eigenvalue weighted by atomic mass is 35.5. The molecule has 31 heavy (non-hydrogen) atoms. The van der Waals surface area contributed by atoms with Crippen molar-refractivity contribution in [2.45, 2.75) is 13.5 Å². The maximum Gasteiger partial charge on any atom is 0.102 e. The molecule has 0 aliphatic heterocycles. The molecule has 158 valence electrons. The Morgan fingerprint density at radius 2 is 1.48 bits per heavy atom. The van der Waals surface area contributed by atoms with E-state index in [0.29, 0.717) is 20.8 Å². The quantitative estimate of drug-likeness (QED) is 0.316. The lowest BCUT2D eigenvalue weighted by atomic mass is 10.00. The second kappa shape index (κ2) is 9.01. The number of pyridine rings is 1. The first-order chi connectivity index (χ1) is 14.8. The lowest BCUT2D eigenvalue weighted by Crippen LogP contribution is -2.11. The molecule has 4 nitrogen and oxygen atoms in total. The van der Waals surface area contributed by atoms with Gasteiger partial charge in [-0.25, -0.2) is 4.68 Å². The van der Waals surface area contributed by atoms with Crippen molar-refractivity contribution in [1.29, 1.82) is 0 Å². The van der Waals surface area contributed by atoms with Crippen LogP contribution in [0.3, 0.4) is 0 Å². The summed E-state index contributed by atoms with van der Waals surface area (Å²) < 4.78 is 1.82. The van der Waals surface area contributed by atoms with E-state index in [9.17, 15) is 0 Å². The standard InChI is InChI=1S/C24H21Cl3N4/c1-15-22(17-4-6-19(25)7-5-17)23(18-8-10-28-11-9-18)29-31(15)24-20(26)12-16(13-21(24)27)14-30(2)3/h4-13H,14H2,1-3H3. The van der Waals surface area contributed by atoms with Gasteiger partial charge in [-0.2, -0.15) is 5.10 Å². The van der Waals surface area contributed by atoms with Gasteiger partial charge >= 0.3 is 0 Å². The molecule has 0 N–H and O–H groups in total. The van der Waals surface area contributed by atoms with Crippen molar-refractivity contribution in [3.05, 3.63) is 87.2 Å². The molecule has 2 aromatic heterocycles. The highest BCUT2D eigenvalue weighted by molar-refractivity contribution is 6.38. The first-order valence-electron chi connectivity index (χ1n) is 9.74. The second-order valence-corrected chi connectivity index (χ2v) is 8.86. The van der Waals surface area contributed by atoms with E-state index in [1.165, 1.54) is 0 Å². The largest absolute Gasteiger partial charge is 0.305 e. The van der Waals surface area contributed by atoms with E-state index in [0.717, 1.165) is 40.2 Å². The van der Waals surface area contributed by atoms with Gasteiger partial charge in [0.15, 0.2) is 0 Å². The molecule has 0 amide bonds. The Morgan fingerprint density at radius 3 is 2.06 bits per heavy atom. The molecule has 4 aromatic rings. The van der Waals surface area contributed by atoms with E-state index in [1.54, 1.807) is 12.4 Å². The normalized spacial score (nSPS) is 11.3. The summed E-state index contributed by atoms with van der Waals surface area (Å²) in [6.07, 6.45) is 3.51. The average Bonchev–Trinajstić information content (AvgIpc) is 3.05. The third kappa shape index (κ3) is 4.48. The molecule has 0 radical (unpaired) electrons. The van der Waals surface area contributed by atoms with Gasteiger partial charge < -0.3 is 4.90 Å². The number of hydrogen-bond acceptors (Lipinski definition) is 3. The van der Waals surface area contributed by atoms with Crippen molar-refractivity contribution >= 4 is 34.8 Å². The molecular weight excluding hydrogens is 451 g/mol. The number of aromatic nitrogens is 3. The van der Waals surface area contributed by atoms with Crippen molar-refractivity contribution in [3.63, 3.8) is 0 Å². The topological polar surface area (TPSA) is 34.0 Å². The molecule has 0 spiro atoms. The molecule has 0 saturated carbocycles. The minimum absolute atomic E-state index is 0.555. The maximum absolute atomic E-state index is 6.71. The minimum Gasteiger partial charge on any atom is -0.305 e. The number of benzene rings is 2. The van der Waals surface area contributed by atoms with Crippen LogP contribution in [0.2, 0.25) is 15.1 Å². The third-order valence-electron chi connectivity index (χ3n) is 4.99. The molecule has 0 fully saturated rings. The van der Waals surface area contributed by atoms with Crippen molar-refractivity contribution in [1.82, 2.24) is 19.7 Å². The Hall–Kier alpha value is -2.37. The fourth-order valence-corrected chi connectivity index (χ4v) is 4.49. The molecule has 7 heteroatoms. The predicted octanol–water partition coefficient (Wildman–Crippen LogP) is 6.93. The first-order valence-corrected chi connectivity index (χ1v) is 10.9. The third-order valence-corrected chi connectivity index (χ3v) is 5.82. The van der Waals surface area contributed by atoms with Crippen LogP contribution < -0.4 is 0 Å². The van der Waals surface area contributed by atoms with Crippen LogP contribution in [0.4, 0.5) is 0 Å². The second-order valence-electron chi connectivity index (χ2n) is 7.61. The van der Waals surface area contributed by atoms with Crippen LogP contribution in [0, 0.1) is 6.92 Å². The van der Waals surface area contributed by atoms with E-state index in [2.05, 4.69) is 9.88 Å². The number of nitrogens with zero attached hydrogens (tertiary/aromatic N) is 4. The van der Waals surface area contributed by atoms with E-state index in [-0.39, 0.29) is 0 Å². The molecular formula is C24H21Cl3N4. The highest BCUT2D eigenvalue weighted by Gasteiger charge is 2.22. The molecule has 0 atom stereocenters. The van der Waals surface area contributed by atoms with Crippen molar-refractivity contribution in [2.75, 3.05) is 14.1 Å². The van der Waals surface area contributed by atoms with Gasteiger partial charge in [0.1, 0.15) is 11.4 Å². The van der Waals surface area contributed by atoms with E-state index in [1.807, 2.05) is 74.2 Å². The Bertz CT molecular complexity index is 1190. The van der Waals surface area contributed by atoms with Crippen LogP contribution in [0.15, 0.2) is 60.9 Å². The molecule has 4 rings (SSSR count). The van der Waals surface area contributed by atoms with Crippen LogP contribution in [-0.2, 0) is 6.54 Å². The summed E-state index contributed by atoms with van der Waals surface area (Å²) >= 11 is 19.5. The fourth-order valence-electron chi connectivity index (χ4n) is 3.67. The van der Waals surface area contributed by atoms with Gasteiger partial charge in [-0.1, -0.05) is 46.9 Å². The van der Waals surface area contributed by atoms with Gasteiger partial charge in [0, 0.05) is 40.8 Å². The van der Waals surface area contributed by atoms with Gasteiger partial charge in [0.25, 0.3) is 0 Å². The summed E-state index contributed by atoms with van der Waals surface area (Å²) in [5.41, 5.74) is 6.42. The summed E-state index contributed by atoms with van der Waals surface area (Å²) in [4.78, 5) is 6.21. The molecule has 0 saturated heterocycles. The zero-order valence-electron chi connectivity index (χ0n) is 17.4. The highest BCUT2D eigenvalue weighted by Crippen LogP contribution is 2.39. The Balaban J connectivity index is 1.94. The van der Waals surface area contributed by atoms with Crippen LogP contribution in [0.25, 0.3) is 28.1 Å². The lowest BCUT2D eigenvalue weighted by molar-refractivity contribution is 0.402. The van der Waals surface area contributed by atoms with E-state index >= 15 is 0 Å². The SMILES string of the molecule is Cc1c(-c2ccc(Cl)cc2)c(-c2ccncc2)nn1-c1c(Cl)cc(CN(C)C)cc1Cl. The molecule has 0 aliphatic rings. The van der Waals surface area contributed by atoms with Gasteiger partial charge in [-0.05, 0) is 68.5 Å². The van der Waals surface area contributed by atoms with E-state index < -0.39 is 0 Å². The molecule has 2 aromatic carbocycles. The molecule has 0 bridgehead atoms. The van der Waals surface area contributed by atoms with Gasteiger partial charge in [0.2, 0.25) is 0 Å². The number of halogens is 3. The van der Waals surface area contributed by atoms with Crippen molar-refractivity contribution in [2.24, 2.45) is 0 Å². The van der Waals surface area contributed by atoms with Crippen LogP contribution in [-0.4, -0.2) is 33.8 Å². The fraction of sp³-hybridized carbons (Fsp3) is 0.167. The Kier molecular flexibility index (Phi) is 6.35. The van der Waals surface area contributed by atoms with Crippen LogP contribution in [0.1, 0.15) is 11.3 Å². The van der Waals surface area contributed by atoms with Crippen molar-refractivity contribution < 1.29 is 0 Å². The van der Waals surface area contributed by atoms with Gasteiger partial charge in [-0.3, -0.25) is 4.98 Å². The van der Waals surface area contributed by atoms with Gasteiger partial charge in [-0.15, -0.1) is 0 Å². The van der Waals surface area contributed by atoms with Crippen LogP contribution >= 0.6 is 34.8 Å². The van der Waals surface area contributed by atoms with Crippen LogP contribution in [0.5, 0.6) is 0 Å². The Labute approximate surface area is 197 Å². The zero-order valence-corrected chi connectivity index (χ0v) is 19.7. The molecule has 0 aliphatic carbocycles. The summed E-state index contributed by atoms with van der Waals surface area (Å²) in [6, 6.07) is 15.5. The molecule has 2 heterocycles. The number of hydrogen-bond donors (Lipinski definition) is 0. The van der Waals surface area contributed by atoms with Gasteiger partial charge in [0.05, 0.1) is 10.0 Å². The number of rotatable bonds is 5. The summed E-state index contributed by atoms with van der Waals surface area (Å²) in [7, 11) is 4.01. The zero-order chi connectivity index (χ0) is 22.1. The maximum atomic E-state index is 6.71. The first kappa shape index (κ1) is 21.8. The van der Waals surface area contributed by atoms with Crippen molar-refractivity contribution in [3.8, 4) is 28.1 Å². The van der Waals surface area contributed by atoms with E-state index in [4.69, 9.17) is 39.9 Å². The lowest BCUT2D eigenvalue weighted by Gasteiger charge is -2.14.